The van der Waals surface area contributed by atoms with Gasteiger partial charge in [0, 0.05) is 0 Å². The van der Waals surface area contributed by atoms with E-state index in [1.165, 1.54) is 12.1 Å². The predicted octanol–water partition coefficient (Wildman–Crippen LogP) is 1.73. The second kappa shape index (κ2) is 4.23. The number of aromatic hydroxyl groups is 1. The Kier molecular flexibility index (Phi) is 3.25. The average molecular weight is 183 g/mol. The molecule has 1 aromatic rings. The Hall–Kier alpha value is -1.09. The van der Waals surface area contributed by atoms with Crippen LogP contribution in [0.15, 0.2) is 12.1 Å². The van der Waals surface area contributed by atoms with Gasteiger partial charge in [0.2, 0.25) is 0 Å². The summed E-state index contributed by atoms with van der Waals surface area (Å²) in [5.74, 6) is -0.114. The lowest BCUT2D eigenvalue weighted by molar-refractivity contribution is 0.463. The molecule has 0 amide bonds. The maximum absolute atomic E-state index is 13.0. The highest BCUT2D eigenvalue weighted by Crippen LogP contribution is 2.24. The van der Waals surface area contributed by atoms with Gasteiger partial charge in [0.15, 0.2) is 0 Å². The van der Waals surface area contributed by atoms with Crippen molar-refractivity contribution in [3.63, 3.8) is 0 Å². The Morgan fingerprint density at radius 3 is 2.77 bits per heavy atom. The minimum Gasteiger partial charge on any atom is -0.508 e. The van der Waals surface area contributed by atoms with Gasteiger partial charge < -0.3 is 10.8 Å². The molecule has 1 rings (SSSR count). The molecular weight excluding hydrogens is 169 g/mol. The largest absolute Gasteiger partial charge is 0.508 e. The topological polar surface area (TPSA) is 46.2 Å². The Bertz CT molecular complexity index is 299. The quantitative estimate of drug-likeness (QED) is 0.749. The molecule has 0 aliphatic rings. The second-order valence-electron chi connectivity index (χ2n) is 3.06. The van der Waals surface area contributed by atoms with Crippen LogP contribution in [0.25, 0.3) is 0 Å². The molecule has 2 nitrogen and oxygen atoms in total. The minimum absolute atomic E-state index is 0.160. The van der Waals surface area contributed by atoms with Crippen molar-refractivity contribution >= 4 is 0 Å². The zero-order valence-electron chi connectivity index (χ0n) is 7.68. The van der Waals surface area contributed by atoms with E-state index in [9.17, 15) is 9.50 Å². The van der Waals surface area contributed by atoms with Crippen LogP contribution in [-0.4, -0.2) is 11.7 Å². The molecule has 0 aliphatic heterocycles. The first-order valence-corrected chi connectivity index (χ1v) is 4.34. The molecule has 0 aromatic heterocycles. The van der Waals surface area contributed by atoms with Crippen molar-refractivity contribution in [3.8, 4) is 5.75 Å². The summed E-state index contributed by atoms with van der Waals surface area (Å²) in [7, 11) is 0. The standard InChI is InChI=1S/C10H14FNO/c1-7-8(3-2-6-12)10(13)5-4-9(7)11/h4-5,13H,2-3,6,12H2,1H3. The minimum atomic E-state index is -0.273. The van der Waals surface area contributed by atoms with Crippen molar-refractivity contribution in [2.75, 3.05) is 6.54 Å². The Labute approximate surface area is 77.2 Å². The smallest absolute Gasteiger partial charge is 0.126 e. The van der Waals surface area contributed by atoms with Crippen LogP contribution in [0.1, 0.15) is 17.5 Å². The van der Waals surface area contributed by atoms with Gasteiger partial charge in [0.25, 0.3) is 0 Å². The van der Waals surface area contributed by atoms with Gasteiger partial charge in [-0.15, -0.1) is 0 Å². The molecule has 1 aromatic carbocycles. The summed E-state index contributed by atoms with van der Waals surface area (Å²) in [5.41, 5.74) is 6.53. The van der Waals surface area contributed by atoms with Crippen LogP contribution in [0, 0.1) is 12.7 Å². The van der Waals surface area contributed by atoms with Crippen LogP contribution in [0.2, 0.25) is 0 Å². The van der Waals surface area contributed by atoms with Crippen molar-refractivity contribution in [2.45, 2.75) is 19.8 Å². The van der Waals surface area contributed by atoms with Gasteiger partial charge in [-0.05, 0) is 49.6 Å². The first-order valence-electron chi connectivity index (χ1n) is 4.34. The van der Waals surface area contributed by atoms with Crippen molar-refractivity contribution in [1.82, 2.24) is 0 Å². The molecule has 72 valence electrons. The van der Waals surface area contributed by atoms with Crippen LogP contribution >= 0.6 is 0 Å². The fraction of sp³-hybridized carbons (Fsp3) is 0.400. The van der Waals surface area contributed by atoms with E-state index in [-0.39, 0.29) is 11.6 Å². The average Bonchev–Trinajstić information content (AvgIpc) is 2.12. The molecular formula is C10H14FNO. The van der Waals surface area contributed by atoms with E-state index >= 15 is 0 Å². The van der Waals surface area contributed by atoms with Crippen molar-refractivity contribution < 1.29 is 9.50 Å². The van der Waals surface area contributed by atoms with Crippen LogP contribution < -0.4 is 5.73 Å². The summed E-state index contributed by atoms with van der Waals surface area (Å²) in [6.07, 6.45) is 1.39. The maximum Gasteiger partial charge on any atom is 0.126 e. The molecule has 0 fully saturated rings. The van der Waals surface area contributed by atoms with Crippen LogP contribution in [0.5, 0.6) is 5.75 Å². The number of phenolic OH excluding ortho intramolecular Hbond substituents is 1. The second-order valence-corrected chi connectivity index (χ2v) is 3.06. The number of benzene rings is 1. The molecule has 0 radical (unpaired) electrons. The summed E-state index contributed by atoms with van der Waals surface area (Å²) in [5, 5.41) is 9.43. The normalized spacial score (nSPS) is 10.4. The molecule has 0 atom stereocenters. The number of halogens is 1. The zero-order chi connectivity index (χ0) is 9.84. The lowest BCUT2D eigenvalue weighted by atomic mass is 10.0. The van der Waals surface area contributed by atoms with Crippen LogP contribution in [0.3, 0.4) is 0 Å². The highest BCUT2D eigenvalue weighted by Gasteiger charge is 2.08. The highest BCUT2D eigenvalue weighted by molar-refractivity contribution is 5.39. The fourth-order valence-electron chi connectivity index (χ4n) is 1.31. The van der Waals surface area contributed by atoms with E-state index in [2.05, 4.69) is 0 Å². The van der Waals surface area contributed by atoms with Gasteiger partial charge in [0.05, 0.1) is 0 Å². The molecule has 0 saturated heterocycles. The Morgan fingerprint density at radius 1 is 1.46 bits per heavy atom. The third-order valence-corrected chi connectivity index (χ3v) is 2.14. The van der Waals surface area contributed by atoms with Gasteiger partial charge in [-0.3, -0.25) is 0 Å². The first-order chi connectivity index (χ1) is 6.16. The van der Waals surface area contributed by atoms with Gasteiger partial charge >= 0.3 is 0 Å². The SMILES string of the molecule is Cc1c(F)ccc(O)c1CCCN. The fourth-order valence-corrected chi connectivity index (χ4v) is 1.31. The van der Waals surface area contributed by atoms with Gasteiger partial charge in [-0.2, -0.15) is 0 Å². The summed E-state index contributed by atoms with van der Waals surface area (Å²) in [6.45, 7) is 2.22. The van der Waals surface area contributed by atoms with Crippen molar-refractivity contribution in [3.05, 3.63) is 29.1 Å². The molecule has 0 aliphatic carbocycles. The van der Waals surface area contributed by atoms with E-state index in [1.807, 2.05) is 0 Å². The van der Waals surface area contributed by atoms with E-state index in [1.54, 1.807) is 6.92 Å². The number of hydrogen-bond donors (Lipinski definition) is 2. The number of rotatable bonds is 3. The van der Waals surface area contributed by atoms with E-state index in [0.29, 0.717) is 24.1 Å². The van der Waals surface area contributed by atoms with Crippen LogP contribution in [-0.2, 0) is 6.42 Å². The molecule has 3 N–H and O–H groups in total. The monoisotopic (exact) mass is 183 g/mol. The van der Waals surface area contributed by atoms with E-state index in [0.717, 1.165) is 6.42 Å². The first kappa shape index (κ1) is 9.99. The maximum atomic E-state index is 13.0. The molecule has 0 unspecified atom stereocenters. The molecule has 0 bridgehead atoms. The lowest BCUT2D eigenvalue weighted by Crippen LogP contribution is -2.02. The molecule has 3 heteroatoms. The van der Waals surface area contributed by atoms with E-state index in [4.69, 9.17) is 5.73 Å². The highest BCUT2D eigenvalue weighted by atomic mass is 19.1. The summed E-state index contributed by atoms with van der Waals surface area (Å²) in [4.78, 5) is 0. The van der Waals surface area contributed by atoms with Crippen LogP contribution in [0.4, 0.5) is 4.39 Å². The third kappa shape index (κ3) is 2.18. The summed E-state index contributed by atoms with van der Waals surface area (Å²) >= 11 is 0. The van der Waals surface area contributed by atoms with Gasteiger partial charge in [-0.1, -0.05) is 0 Å². The predicted molar refractivity (Wildman–Crippen MR) is 50.2 cm³/mol. The van der Waals surface area contributed by atoms with Gasteiger partial charge in [0.1, 0.15) is 11.6 Å². The summed E-state index contributed by atoms with van der Waals surface area (Å²) in [6, 6.07) is 2.66. The number of phenols is 1. The Morgan fingerprint density at radius 2 is 2.15 bits per heavy atom. The lowest BCUT2D eigenvalue weighted by Gasteiger charge is -2.08. The van der Waals surface area contributed by atoms with Gasteiger partial charge in [-0.25, -0.2) is 4.39 Å². The number of hydrogen-bond acceptors (Lipinski definition) is 2. The molecule has 0 saturated carbocycles. The van der Waals surface area contributed by atoms with Crippen molar-refractivity contribution in [2.24, 2.45) is 5.73 Å². The molecule has 0 spiro atoms. The van der Waals surface area contributed by atoms with E-state index < -0.39 is 0 Å². The number of nitrogens with two attached hydrogens (primary N) is 1. The molecule has 13 heavy (non-hydrogen) atoms. The van der Waals surface area contributed by atoms with Crippen molar-refractivity contribution in [1.29, 1.82) is 0 Å². The molecule has 0 heterocycles. The third-order valence-electron chi connectivity index (χ3n) is 2.14. The Balaban J connectivity index is 2.96. The zero-order valence-corrected chi connectivity index (χ0v) is 7.68. The summed E-state index contributed by atoms with van der Waals surface area (Å²) < 4.78 is 13.0.